The molecule has 0 aromatic heterocycles. The lowest BCUT2D eigenvalue weighted by Crippen LogP contribution is -1.94. The molecule has 0 amide bonds. The van der Waals surface area contributed by atoms with Crippen molar-refractivity contribution in [3.63, 3.8) is 0 Å². The Morgan fingerprint density at radius 1 is 1.13 bits per heavy atom. The van der Waals surface area contributed by atoms with E-state index in [2.05, 4.69) is 46.8 Å². The van der Waals surface area contributed by atoms with Gasteiger partial charge in [-0.3, -0.25) is 0 Å². The van der Waals surface area contributed by atoms with Gasteiger partial charge in [0.2, 0.25) is 0 Å². The van der Waals surface area contributed by atoms with E-state index in [9.17, 15) is 5.11 Å². The van der Waals surface area contributed by atoms with Crippen LogP contribution in [0, 0.1) is 6.92 Å². The largest absolute Gasteiger partial charge is 0.506 e. The van der Waals surface area contributed by atoms with Crippen LogP contribution in [-0.2, 0) is 0 Å². The van der Waals surface area contributed by atoms with Crippen LogP contribution in [0.4, 0.5) is 0 Å². The van der Waals surface area contributed by atoms with Gasteiger partial charge in [0.1, 0.15) is 5.75 Å². The van der Waals surface area contributed by atoms with Gasteiger partial charge in [-0.2, -0.15) is 0 Å². The molecule has 1 aromatic rings. The number of aromatic hydroxyl groups is 1. The van der Waals surface area contributed by atoms with Crippen molar-refractivity contribution in [3.05, 3.63) is 23.3 Å². The summed E-state index contributed by atoms with van der Waals surface area (Å²) in [6.45, 7) is 10.6. The third-order valence-electron chi connectivity index (χ3n) is 2.23. The molecular weight excluding hydrogens is 204 g/mol. The maximum Gasteiger partial charge on any atom is 0.132 e. The van der Waals surface area contributed by atoms with Crippen LogP contribution in [0.2, 0.25) is 0 Å². The zero-order valence-corrected chi connectivity index (χ0v) is 11.0. The molecule has 1 aromatic carbocycles. The number of aryl methyl sites for hydroxylation is 1. The lowest BCUT2D eigenvalue weighted by Gasteiger charge is -2.14. The third kappa shape index (κ3) is 3.16. The van der Waals surface area contributed by atoms with Gasteiger partial charge in [-0.15, -0.1) is 11.8 Å². The zero-order valence-electron chi connectivity index (χ0n) is 10.2. The van der Waals surface area contributed by atoms with E-state index in [0.29, 0.717) is 16.9 Å². The maximum atomic E-state index is 10.1. The van der Waals surface area contributed by atoms with E-state index in [1.54, 1.807) is 11.8 Å². The molecule has 0 atom stereocenters. The minimum absolute atomic E-state index is 0.372. The van der Waals surface area contributed by atoms with Gasteiger partial charge in [0.05, 0.1) is 0 Å². The molecule has 0 heterocycles. The molecule has 0 unspecified atom stereocenters. The first-order chi connectivity index (χ1) is 6.91. The van der Waals surface area contributed by atoms with Crippen LogP contribution in [0.3, 0.4) is 0 Å². The summed E-state index contributed by atoms with van der Waals surface area (Å²) in [5.74, 6) is 0.839. The highest BCUT2D eigenvalue weighted by Gasteiger charge is 2.12. The van der Waals surface area contributed by atoms with E-state index in [-0.39, 0.29) is 0 Å². The van der Waals surface area contributed by atoms with E-state index < -0.39 is 0 Å². The monoisotopic (exact) mass is 224 g/mol. The Balaban J connectivity index is 3.16. The summed E-state index contributed by atoms with van der Waals surface area (Å²) >= 11 is 1.72. The standard InChI is InChI=1S/C13H20OS/c1-8(2)11-6-10(5)7-12(13(11)14)15-9(3)4/h6-9,14H,1-5H3. The highest BCUT2D eigenvalue weighted by atomic mass is 32.2. The van der Waals surface area contributed by atoms with Gasteiger partial charge >= 0.3 is 0 Å². The second-order valence-corrected chi connectivity index (χ2v) is 6.14. The summed E-state index contributed by atoms with van der Waals surface area (Å²) in [7, 11) is 0. The number of thioether (sulfide) groups is 1. The molecule has 0 radical (unpaired) electrons. The average molecular weight is 224 g/mol. The molecule has 0 spiro atoms. The molecule has 84 valence electrons. The number of phenolic OH excluding ortho intramolecular Hbond substituents is 1. The van der Waals surface area contributed by atoms with Crippen molar-refractivity contribution in [1.82, 2.24) is 0 Å². The van der Waals surface area contributed by atoms with Gasteiger partial charge in [-0.25, -0.2) is 0 Å². The van der Waals surface area contributed by atoms with Crippen molar-refractivity contribution in [3.8, 4) is 5.75 Å². The quantitative estimate of drug-likeness (QED) is 0.771. The van der Waals surface area contributed by atoms with Crippen LogP contribution in [0.25, 0.3) is 0 Å². The predicted molar refractivity (Wildman–Crippen MR) is 67.9 cm³/mol. The molecule has 0 saturated heterocycles. The van der Waals surface area contributed by atoms with E-state index >= 15 is 0 Å². The molecule has 0 bridgehead atoms. The Morgan fingerprint density at radius 2 is 1.73 bits per heavy atom. The van der Waals surface area contributed by atoms with Gasteiger partial charge in [0, 0.05) is 10.1 Å². The fourth-order valence-corrected chi connectivity index (χ4v) is 2.55. The minimum Gasteiger partial charge on any atom is -0.506 e. The van der Waals surface area contributed by atoms with E-state index in [0.717, 1.165) is 10.5 Å². The van der Waals surface area contributed by atoms with Gasteiger partial charge in [0.25, 0.3) is 0 Å². The van der Waals surface area contributed by atoms with Crippen molar-refractivity contribution in [1.29, 1.82) is 0 Å². The number of benzene rings is 1. The van der Waals surface area contributed by atoms with E-state index in [4.69, 9.17) is 0 Å². The SMILES string of the molecule is Cc1cc(SC(C)C)c(O)c(C(C)C)c1. The highest BCUT2D eigenvalue weighted by Crippen LogP contribution is 2.38. The Morgan fingerprint density at radius 3 is 2.20 bits per heavy atom. The number of hydrogen-bond donors (Lipinski definition) is 1. The second kappa shape index (κ2) is 4.93. The molecule has 1 nitrogen and oxygen atoms in total. The Bertz CT molecular complexity index is 343. The van der Waals surface area contributed by atoms with Crippen molar-refractivity contribution in [2.75, 3.05) is 0 Å². The summed E-state index contributed by atoms with van der Waals surface area (Å²) in [4.78, 5) is 1.01. The molecule has 0 fully saturated rings. The Labute approximate surface area is 96.9 Å². The molecule has 15 heavy (non-hydrogen) atoms. The third-order valence-corrected chi connectivity index (χ3v) is 3.27. The van der Waals surface area contributed by atoms with Crippen LogP contribution < -0.4 is 0 Å². The molecule has 0 aliphatic rings. The average Bonchev–Trinajstić information content (AvgIpc) is 2.09. The molecule has 1 N–H and O–H groups in total. The highest BCUT2D eigenvalue weighted by molar-refractivity contribution is 8.00. The number of rotatable bonds is 3. The van der Waals surface area contributed by atoms with Gasteiger partial charge < -0.3 is 5.11 Å². The normalized spacial score (nSPS) is 11.4. The van der Waals surface area contributed by atoms with Crippen molar-refractivity contribution in [2.24, 2.45) is 0 Å². The summed E-state index contributed by atoms with van der Waals surface area (Å²) in [5.41, 5.74) is 2.28. The van der Waals surface area contributed by atoms with Crippen LogP contribution in [0.1, 0.15) is 44.7 Å². The van der Waals surface area contributed by atoms with Crippen molar-refractivity contribution >= 4 is 11.8 Å². The molecular formula is C13H20OS. The molecule has 1 rings (SSSR count). The Hall–Kier alpha value is -0.630. The minimum atomic E-state index is 0.372. The van der Waals surface area contributed by atoms with Crippen molar-refractivity contribution < 1.29 is 5.11 Å². The van der Waals surface area contributed by atoms with E-state index in [1.807, 2.05) is 0 Å². The van der Waals surface area contributed by atoms with E-state index in [1.165, 1.54) is 5.56 Å². The van der Waals surface area contributed by atoms with Crippen LogP contribution in [0.5, 0.6) is 5.75 Å². The van der Waals surface area contributed by atoms with Crippen molar-refractivity contribution in [2.45, 2.75) is 50.7 Å². The van der Waals surface area contributed by atoms with Gasteiger partial charge in [0.15, 0.2) is 0 Å². The van der Waals surface area contributed by atoms with Crippen LogP contribution in [-0.4, -0.2) is 10.4 Å². The first kappa shape index (κ1) is 12.4. The number of hydrogen-bond acceptors (Lipinski definition) is 2. The summed E-state index contributed by atoms with van der Waals surface area (Å²) in [5, 5.41) is 10.6. The number of phenols is 1. The van der Waals surface area contributed by atoms with Crippen LogP contribution >= 0.6 is 11.8 Å². The molecule has 2 heteroatoms. The van der Waals surface area contributed by atoms with Gasteiger partial charge in [-0.1, -0.05) is 33.8 Å². The molecule has 0 aliphatic carbocycles. The molecule has 0 aliphatic heterocycles. The topological polar surface area (TPSA) is 20.2 Å². The zero-order chi connectivity index (χ0) is 11.6. The second-order valence-electron chi connectivity index (χ2n) is 4.52. The predicted octanol–water partition coefficient (Wildman–Crippen LogP) is 4.32. The lowest BCUT2D eigenvalue weighted by atomic mass is 10.00. The molecule has 0 saturated carbocycles. The summed E-state index contributed by atoms with van der Waals surface area (Å²) in [6.07, 6.45) is 0. The first-order valence-electron chi connectivity index (χ1n) is 5.42. The fraction of sp³-hybridized carbons (Fsp3) is 0.538. The Kier molecular flexibility index (Phi) is 4.09. The fourth-order valence-electron chi connectivity index (χ4n) is 1.56. The first-order valence-corrected chi connectivity index (χ1v) is 6.30. The summed E-state index contributed by atoms with van der Waals surface area (Å²) < 4.78 is 0. The lowest BCUT2D eigenvalue weighted by molar-refractivity contribution is 0.451. The summed E-state index contributed by atoms with van der Waals surface area (Å²) in [6, 6.07) is 4.14. The van der Waals surface area contributed by atoms with Crippen LogP contribution in [0.15, 0.2) is 17.0 Å². The maximum absolute atomic E-state index is 10.1. The van der Waals surface area contributed by atoms with Gasteiger partial charge in [-0.05, 0) is 30.0 Å². The smallest absolute Gasteiger partial charge is 0.132 e.